The summed E-state index contributed by atoms with van der Waals surface area (Å²) < 4.78 is 11.5. The largest absolute Gasteiger partial charge is 0.493 e. The molecule has 0 fully saturated rings. The van der Waals surface area contributed by atoms with Crippen LogP contribution in [0.15, 0.2) is 34.8 Å². The predicted octanol–water partition coefficient (Wildman–Crippen LogP) is 3.81. The number of nitrogens with one attached hydrogen (secondary N) is 1. The second-order valence-corrected chi connectivity index (χ2v) is 5.40. The predicted molar refractivity (Wildman–Crippen MR) is 88.8 cm³/mol. The lowest BCUT2D eigenvalue weighted by atomic mass is 10.2. The van der Waals surface area contributed by atoms with E-state index in [1.165, 1.54) is 7.11 Å². The number of nitrogens with zero attached hydrogens (tertiary/aromatic N) is 1. The first-order chi connectivity index (χ1) is 10.5. The first-order valence-corrected chi connectivity index (χ1v) is 7.59. The van der Waals surface area contributed by atoms with Crippen molar-refractivity contribution in [3.63, 3.8) is 0 Å². The highest BCUT2D eigenvalue weighted by Crippen LogP contribution is 2.36. The molecule has 0 saturated heterocycles. The fourth-order valence-corrected chi connectivity index (χ4v) is 2.49. The SMILES string of the molecule is CCOc1c(Br)cc(C(=O)Nc2cccc(C)n2)cc1OC. The summed E-state index contributed by atoms with van der Waals surface area (Å²) in [5.74, 6) is 1.32. The summed E-state index contributed by atoms with van der Waals surface area (Å²) in [6, 6.07) is 8.78. The third kappa shape index (κ3) is 3.76. The molecule has 1 aromatic heterocycles. The molecule has 22 heavy (non-hydrogen) atoms. The van der Waals surface area contributed by atoms with Gasteiger partial charge in [-0.3, -0.25) is 4.79 Å². The van der Waals surface area contributed by atoms with Crippen molar-refractivity contribution < 1.29 is 14.3 Å². The maximum atomic E-state index is 12.3. The lowest BCUT2D eigenvalue weighted by Crippen LogP contribution is -2.13. The summed E-state index contributed by atoms with van der Waals surface area (Å²) in [7, 11) is 1.54. The van der Waals surface area contributed by atoms with Crippen molar-refractivity contribution in [2.45, 2.75) is 13.8 Å². The van der Waals surface area contributed by atoms with Gasteiger partial charge < -0.3 is 14.8 Å². The van der Waals surface area contributed by atoms with Crippen molar-refractivity contribution in [1.82, 2.24) is 4.98 Å². The Kier molecular flexibility index (Phi) is 5.38. The second-order valence-electron chi connectivity index (χ2n) is 4.54. The van der Waals surface area contributed by atoms with Gasteiger partial charge in [-0.15, -0.1) is 0 Å². The quantitative estimate of drug-likeness (QED) is 0.875. The molecule has 5 nitrogen and oxygen atoms in total. The zero-order valence-corrected chi connectivity index (χ0v) is 14.2. The van der Waals surface area contributed by atoms with Crippen LogP contribution in [0, 0.1) is 6.92 Å². The normalized spacial score (nSPS) is 10.2. The van der Waals surface area contributed by atoms with Crippen LogP contribution in [-0.4, -0.2) is 24.6 Å². The molecular weight excluding hydrogens is 348 g/mol. The van der Waals surface area contributed by atoms with E-state index >= 15 is 0 Å². The highest BCUT2D eigenvalue weighted by molar-refractivity contribution is 9.10. The standard InChI is InChI=1S/C16H17BrN2O3/c1-4-22-15-12(17)8-11(9-13(15)21-3)16(20)19-14-7-5-6-10(2)18-14/h5-9H,4H2,1-3H3,(H,18,19,20). The van der Waals surface area contributed by atoms with E-state index in [-0.39, 0.29) is 5.91 Å². The Balaban J connectivity index is 2.28. The molecule has 2 rings (SSSR count). The second kappa shape index (κ2) is 7.26. The molecule has 1 heterocycles. The van der Waals surface area contributed by atoms with E-state index in [2.05, 4.69) is 26.2 Å². The molecule has 0 bridgehead atoms. The van der Waals surface area contributed by atoms with Crippen LogP contribution in [0.5, 0.6) is 11.5 Å². The molecule has 0 aliphatic heterocycles. The van der Waals surface area contributed by atoms with Crippen LogP contribution < -0.4 is 14.8 Å². The number of rotatable bonds is 5. The monoisotopic (exact) mass is 364 g/mol. The third-order valence-electron chi connectivity index (χ3n) is 2.91. The number of methoxy groups -OCH3 is 1. The maximum Gasteiger partial charge on any atom is 0.256 e. The Bertz CT molecular complexity index is 689. The van der Waals surface area contributed by atoms with E-state index in [0.717, 1.165) is 5.69 Å². The van der Waals surface area contributed by atoms with Gasteiger partial charge >= 0.3 is 0 Å². The number of aryl methyl sites for hydroxylation is 1. The Hall–Kier alpha value is -2.08. The van der Waals surface area contributed by atoms with Crippen molar-refractivity contribution in [2.75, 3.05) is 19.0 Å². The van der Waals surface area contributed by atoms with Crippen LogP contribution in [0.2, 0.25) is 0 Å². The fraction of sp³-hybridized carbons (Fsp3) is 0.250. The number of benzene rings is 1. The van der Waals surface area contributed by atoms with Gasteiger partial charge in [-0.05, 0) is 54.0 Å². The van der Waals surface area contributed by atoms with Crippen LogP contribution in [0.4, 0.5) is 5.82 Å². The van der Waals surface area contributed by atoms with Gasteiger partial charge in [0.05, 0.1) is 18.2 Å². The molecule has 0 unspecified atom stereocenters. The van der Waals surface area contributed by atoms with E-state index in [1.54, 1.807) is 18.2 Å². The van der Waals surface area contributed by atoms with Crippen molar-refractivity contribution in [3.05, 3.63) is 46.1 Å². The van der Waals surface area contributed by atoms with Gasteiger partial charge in [0.15, 0.2) is 11.5 Å². The van der Waals surface area contributed by atoms with E-state index in [0.29, 0.717) is 34.0 Å². The maximum absolute atomic E-state index is 12.3. The molecule has 1 amide bonds. The third-order valence-corrected chi connectivity index (χ3v) is 3.50. The van der Waals surface area contributed by atoms with Crippen LogP contribution >= 0.6 is 15.9 Å². The van der Waals surface area contributed by atoms with Gasteiger partial charge in [0.25, 0.3) is 5.91 Å². The van der Waals surface area contributed by atoms with Crippen molar-refractivity contribution in [1.29, 1.82) is 0 Å². The molecule has 0 aliphatic rings. The molecule has 1 aromatic carbocycles. The molecule has 116 valence electrons. The van der Waals surface area contributed by atoms with Crippen LogP contribution in [-0.2, 0) is 0 Å². The van der Waals surface area contributed by atoms with Gasteiger partial charge in [0, 0.05) is 11.3 Å². The smallest absolute Gasteiger partial charge is 0.256 e. The van der Waals surface area contributed by atoms with Gasteiger partial charge in [0.2, 0.25) is 0 Å². The summed E-state index contributed by atoms with van der Waals surface area (Å²) in [5, 5.41) is 2.76. The first kappa shape index (κ1) is 16.3. The number of hydrogen-bond acceptors (Lipinski definition) is 4. The number of amides is 1. The number of anilines is 1. The lowest BCUT2D eigenvalue weighted by Gasteiger charge is -2.13. The zero-order valence-electron chi connectivity index (χ0n) is 12.6. The van der Waals surface area contributed by atoms with E-state index in [4.69, 9.17) is 9.47 Å². The highest BCUT2D eigenvalue weighted by Gasteiger charge is 2.15. The average molecular weight is 365 g/mol. The number of hydrogen-bond donors (Lipinski definition) is 1. The molecule has 0 atom stereocenters. The Morgan fingerprint density at radius 1 is 1.36 bits per heavy atom. The summed E-state index contributed by atoms with van der Waals surface area (Å²) in [6.07, 6.45) is 0. The zero-order chi connectivity index (χ0) is 16.1. The molecule has 0 saturated carbocycles. The number of halogens is 1. The summed E-state index contributed by atoms with van der Waals surface area (Å²) in [4.78, 5) is 16.6. The van der Waals surface area contributed by atoms with E-state index in [1.807, 2.05) is 26.0 Å². The molecule has 6 heteroatoms. The Labute approximate surface area is 137 Å². The number of carbonyl (C=O) groups is 1. The number of carbonyl (C=O) groups excluding carboxylic acids is 1. The van der Waals surface area contributed by atoms with Crippen molar-refractivity contribution >= 4 is 27.7 Å². The van der Waals surface area contributed by atoms with E-state index in [9.17, 15) is 4.79 Å². The number of ether oxygens (including phenoxy) is 2. The van der Waals surface area contributed by atoms with E-state index < -0.39 is 0 Å². The molecular formula is C16H17BrN2O3. The van der Waals surface area contributed by atoms with Gasteiger partial charge in [-0.2, -0.15) is 0 Å². The Morgan fingerprint density at radius 2 is 2.14 bits per heavy atom. The minimum atomic E-state index is -0.264. The van der Waals surface area contributed by atoms with Crippen LogP contribution in [0.3, 0.4) is 0 Å². The molecule has 0 aliphatic carbocycles. The molecule has 2 aromatic rings. The first-order valence-electron chi connectivity index (χ1n) is 6.80. The average Bonchev–Trinajstić information content (AvgIpc) is 2.49. The number of aromatic nitrogens is 1. The van der Waals surface area contributed by atoms with Gasteiger partial charge in [-0.1, -0.05) is 6.07 Å². The number of pyridine rings is 1. The summed E-state index contributed by atoms with van der Waals surface area (Å²) in [5.41, 5.74) is 1.29. The van der Waals surface area contributed by atoms with Crippen molar-refractivity contribution in [2.24, 2.45) is 0 Å². The van der Waals surface area contributed by atoms with Crippen LogP contribution in [0.25, 0.3) is 0 Å². The van der Waals surface area contributed by atoms with Crippen LogP contribution in [0.1, 0.15) is 23.0 Å². The van der Waals surface area contributed by atoms with Gasteiger partial charge in [0.1, 0.15) is 5.82 Å². The Morgan fingerprint density at radius 3 is 2.77 bits per heavy atom. The minimum Gasteiger partial charge on any atom is -0.493 e. The lowest BCUT2D eigenvalue weighted by molar-refractivity contribution is 0.102. The van der Waals surface area contributed by atoms with Gasteiger partial charge in [-0.25, -0.2) is 4.98 Å². The molecule has 0 spiro atoms. The topological polar surface area (TPSA) is 60.5 Å². The molecule has 0 radical (unpaired) electrons. The fourth-order valence-electron chi connectivity index (χ4n) is 1.94. The minimum absolute atomic E-state index is 0.264. The molecule has 1 N–H and O–H groups in total. The summed E-state index contributed by atoms with van der Waals surface area (Å²) >= 11 is 3.40. The highest BCUT2D eigenvalue weighted by atomic mass is 79.9. The van der Waals surface area contributed by atoms with Crippen molar-refractivity contribution in [3.8, 4) is 11.5 Å². The summed E-state index contributed by atoms with van der Waals surface area (Å²) in [6.45, 7) is 4.26.